The molecule has 28 heavy (non-hydrogen) atoms. The molecule has 1 aromatic heterocycles. The zero-order valence-electron chi connectivity index (χ0n) is 14.8. The molecule has 0 fully saturated rings. The Hall–Kier alpha value is -4.13. The quantitative estimate of drug-likeness (QED) is 0.214. The number of rotatable bonds is 4. The van der Waals surface area contributed by atoms with Gasteiger partial charge in [0.1, 0.15) is 17.2 Å². The molecule has 7 heteroatoms. The highest BCUT2D eigenvalue weighted by Gasteiger charge is 2.13. The van der Waals surface area contributed by atoms with E-state index in [1.807, 2.05) is 30.3 Å². The molecule has 4 aromatic rings. The molecule has 0 atom stereocenters. The van der Waals surface area contributed by atoms with Crippen LogP contribution in [0.5, 0.6) is 0 Å². The van der Waals surface area contributed by atoms with Gasteiger partial charge in [0, 0.05) is 16.7 Å². The molecule has 7 N–H and O–H groups in total. The zero-order chi connectivity index (χ0) is 19.8. The molecule has 0 spiro atoms. The van der Waals surface area contributed by atoms with Crippen LogP contribution in [-0.4, -0.2) is 26.6 Å². The molecular formula is C21H18N6O. The van der Waals surface area contributed by atoms with E-state index in [-0.39, 0.29) is 11.7 Å². The number of hydrogen-bond acceptors (Lipinski definition) is 4. The molecule has 138 valence electrons. The van der Waals surface area contributed by atoms with Crippen molar-refractivity contribution < 1.29 is 5.21 Å². The molecule has 7 nitrogen and oxygen atoms in total. The van der Waals surface area contributed by atoms with Crippen LogP contribution in [0.1, 0.15) is 11.1 Å². The molecule has 0 saturated carbocycles. The van der Waals surface area contributed by atoms with Gasteiger partial charge in [0.05, 0.1) is 5.52 Å². The van der Waals surface area contributed by atoms with Crippen LogP contribution in [0.15, 0.2) is 66.7 Å². The molecule has 3 aromatic carbocycles. The second-order valence-corrected chi connectivity index (χ2v) is 6.43. The number of hydrogen-bond donors (Lipinski definition) is 5. The first-order chi connectivity index (χ1) is 13.4. The van der Waals surface area contributed by atoms with Crippen molar-refractivity contribution >= 4 is 22.7 Å². The molecular weight excluding hydrogens is 352 g/mol. The van der Waals surface area contributed by atoms with Gasteiger partial charge < -0.3 is 16.7 Å². The van der Waals surface area contributed by atoms with Crippen molar-refractivity contribution in [3.05, 3.63) is 77.9 Å². The average Bonchev–Trinajstić information content (AvgIpc) is 3.04. The van der Waals surface area contributed by atoms with Crippen LogP contribution < -0.4 is 11.5 Å². The number of fused-ring (bicyclic) bond motifs is 1. The summed E-state index contributed by atoms with van der Waals surface area (Å²) in [6.07, 6.45) is 0. The van der Waals surface area contributed by atoms with Crippen molar-refractivity contribution in [3.63, 3.8) is 0 Å². The Labute approximate surface area is 160 Å². The maximum atomic E-state index is 10.7. The minimum absolute atomic E-state index is 0.00974. The smallest absolute Gasteiger partial charge is 0.176 e. The van der Waals surface area contributed by atoms with Gasteiger partial charge in [-0.3, -0.25) is 10.8 Å². The van der Waals surface area contributed by atoms with Gasteiger partial charge in [-0.05, 0) is 23.3 Å². The van der Waals surface area contributed by atoms with Crippen molar-refractivity contribution in [1.82, 2.24) is 9.71 Å². The first kappa shape index (κ1) is 17.3. The predicted octanol–water partition coefficient (Wildman–Crippen LogP) is 3.18. The second-order valence-electron chi connectivity index (χ2n) is 6.43. The fourth-order valence-corrected chi connectivity index (χ4v) is 3.07. The van der Waals surface area contributed by atoms with Gasteiger partial charge in [0.15, 0.2) is 5.82 Å². The molecule has 0 aliphatic carbocycles. The van der Waals surface area contributed by atoms with Crippen molar-refractivity contribution in [3.8, 4) is 22.5 Å². The maximum Gasteiger partial charge on any atom is 0.176 e. The van der Waals surface area contributed by atoms with E-state index in [9.17, 15) is 5.21 Å². The third kappa shape index (κ3) is 2.95. The zero-order valence-corrected chi connectivity index (χ0v) is 14.8. The summed E-state index contributed by atoms with van der Waals surface area (Å²) in [5.41, 5.74) is 16.1. The van der Waals surface area contributed by atoms with E-state index >= 15 is 0 Å². The van der Waals surface area contributed by atoms with E-state index in [4.69, 9.17) is 22.3 Å². The van der Waals surface area contributed by atoms with Crippen molar-refractivity contribution in [1.29, 1.82) is 10.8 Å². The highest BCUT2D eigenvalue weighted by atomic mass is 16.5. The van der Waals surface area contributed by atoms with Crippen LogP contribution >= 0.6 is 0 Å². The fraction of sp³-hybridized carbons (Fsp3) is 0. The third-order valence-electron chi connectivity index (χ3n) is 4.61. The summed E-state index contributed by atoms with van der Waals surface area (Å²) in [4.78, 5) is 4.51. The molecule has 1 heterocycles. The first-order valence-corrected chi connectivity index (χ1v) is 8.55. The Balaban J connectivity index is 1.75. The van der Waals surface area contributed by atoms with Crippen LogP contribution in [-0.2, 0) is 0 Å². The van der Waals surface area contributed by atoms with Crippen LogP contribution in [0, 0.1) is 10.8 Å². The minimum atomic E-state index is -0.00974. The Morgan fingerprint density at radius 3 is 1.79 bits per heavy atom. The average molecular weight is 370 g/mol. The van der Waals surface area contributed by atoms with E-state index in [0.717, 1.165) is 21.4 Å². The normalized spacial score (nSPS) is 10.9. The van der Waals surface area contributed by atoms with Gasteiger partial charge in [-0.2, -0.15) is 4.73 Å². The number of nitrogens with zero attached hydrogens (tertiary/aromatic N) is 2. The lowest BCUT2D eigenvalue weighted by Crippen LogP contribution is -2.10. The van der Waals surface area contributed by atoms with Crippen LogP contribution in [0.25, 0.3) is 33.5 Å². The van der Waals surface area contributed by atoms with Gasteiger partial charge in [-0.25, -0.2) is 4.98 Å². The van der Waals surface area contributed by atoms with E-state index in [2.05, 4.69) is 4.98 Å². The summed E-state index contributed by atoms with van der Waals surface area (Å²) in [7, 11) is 0. The largest absolute Gasteiger partial charge is 0.426 e. The Kier molecular flexibility index (Phi) is 4.04. The number of aromatic nitrogens is 2. The second kappa shape index (κ2) is 6.55. The highest BCUT2D eigenvalue weighted by molar-refractivity contribution is 5.96. The lowest BCUT2D eigenvalue weighted by atomic mass is 10.0. The summed E-state index contributed by atoms with van der Waals surface area (Å²) in [5.74, 6) is 0.425. The Bertz CT molecular complexity index is 1210. The van der Waals surface area contributed by atoms with Gasteiger partial charge >= 0.3 is 0 Å². The topological polar surface area (TPSA) is 138 Å². The van der Waals surface area contributed by atoms with E-state index < -0.39 is 0 Å². The highest BCUT2D eigenvalue weighted by Crippen LogP contribution is 2.28. The summed E-state index contributed by atoms with van der Waals surface area (Å²) < 4.78 is 1.06. The number of amidine groups is 2. The van der Waals surface area contributed by atoms with Crippen LogP contribution in [0.3, 0.4) is 0 Å². The number of nitrogen functional groups attached to an aromatic ring is 2. The van der Waals surface area contributed by atoms with Crippen LogP contribution in [0.4, 0.5) is 0 Å². The summed E-state index contributed by atoms with van der Waals surface area (Å²) >= 11 is 0. The Morgan fingerprint density at radius 1 is 0.750 bits per heavy atom. The number of imidazole rings is 1. The van der Waals surface area contributed by atoms with Gasteiger partial charge in [0.25, 0.3) is 0 Å². The molecule has 0 amide bonds. The van der Waals surface area contributed by atoms with Crippen molar-refractivity contribution in [2.75, 3.05) is 0 Å². The summed E-state index contributed by atoms with van der Waals surface area (Å²) in [6.45, 7) is 0. The first-order valence-electron chi connectivity index (χ1n) is 8.55. The van der Waals surface area contributed by atoms with Gasteiger partial charge in [-0.1, -0.05) is 54.6 Å². The molecule has 0 unspecified atom stereocenters. The predicted molar refractivity (Wildman–Crippen MR) is 110 cm³/mol. The third-order valence-corrected chi connectivity index (χ3v) is 4.61. The van der Waals surface area contributed by atoms with Crippen molar-refractivity contribution in [2.24, 2.45) is 11.5 Å². The van der Waals surface area contributed by atoms with E-state index in [1.165, 1.54) is 0 Å². The van der Waals surface area contributed by atoms with Gasteiger partial charge in [0.2, 0.25) is 0 Å². The number of benzene rings is 3. The fourth-order valence-electron chi connectivity index (χ4n) is 3.07. The molecule has 4 rings (SSSR count). The Morgan fingerprint density at radius 2 is 1.25 bits per heavy atom. The molecule has 0 saturated heterocycles. The maximum absolute atomic E-state index is 10.7. The summed E-state index contributed by atoms with van der Waals surface area (Å²) in [5, 5.41) is 25.6. The van der Waals surface area contributed by atoms with E-state index in [1.54, 1.807) is 36.4 Å². The molecule has 0 radical (unpaired) electrons. The molecule has 0 bridgehead atoms. The lowest BCUT2D eigenvalue weighted by molar-refractivity contribution is 0.203. The molecule has 0 aliphatic heterocycles. The van der Waals surface area contributed by atoms with Crippen molar-refractivity contribution in [2.45, 2.75) is 0 Å². The monoisotopic (exact) mass is 370 g/mol. The van der Waals surface area contributed by atoms with E-state index in [0.29, 0.717) is 28.0 Å². The van der Waals surface area contributed by atoms with Crippen LogP contribution in [0.2, 0.25) is 0 Å². The minimum Gasteiger partial charge on any atom is -0.426 e. The standard InChI is InChI=1S/C21H18N6O/c22-19(23)13-3-1-12(2-4-13)16-9-10-17-18(11-16)27(28)21(26-17)15-7-5-14(6-8-15)20(24)25/h1-11,28H,(H3,22,23)(H3,24,25). The summed E-state index contributed by atoms with van der Waals surface area (Å²) in [6, 6.07) is 20.0. The number of nitrogens with two attached hydrogens (primary N) is 2. The lowest BCUT2D eigenvalue weighted by Gasteiger charge is -2.05. The SMILES string of the molecule is N=C(N)c1ccc(-c2ccc3nc(-c4ccc(C(=N)N)cc4)n(O)c3c2)cc1. The molecule has 0 aliphatic rings. The van der Waals surface area contributed by atoms with Gasteiger partial charge in [-0.15, -0.1) is 0 Å². The number of nitrogens with one attached hydrogen (secondary N) is 2.